The van der Waals surface area contributed by atoms with Gasteiger partial charge in [-0.05, 0) is 54.1 Å². The van der Waals surface area contributed by atoms with Gasteiger partial charge in [0.25, 0.3) is 5.91 Å². The summed E-state index contributed by atoms with van der Waals surface area (Å²) in [5.74, 6) is 3.80. The monoisotopic (exact) mass is 449 g/mol. The molecule has 4 rings (SSSR count). The van der Waals surface area contributed by atoms with Gasteiger partial charge >= 0.3 is 0 Å². The van der Waals surface area contributed by atoms with Crippen molar-refractivity contribution in [1.82, 2.24) is 5.43 Å². The lowest BCUT2D eigenvalue weighted by atomic mass is 10.1. The van der Waals surface area contributed by atoms with Crippen LogP contribution in [0.3, 0.4) is 0 Å². The highest BCUT2D eigenvalue weighted by Gasteiger charge is 2.18. The minimum absolute atomic E-state index is 0.127. The Hall–Kier alpha value is -3.15. The van der Waals surface area contributed by atoms with E-state index < -0.39 is 0 Å². The van der Waals surface area contributed by atoms with Crippen LogP contribution in [0.1, 0.15) is 21.5 Å². The predicted octanol–water partition coefficient (Wildman–Crippen LogP) is 4.83. The number of benzene rings is 2. The van der Waals surface area contributed by atoms with Gasteiger partial charge in [0, 0.05) is 17.1 Å². The minimum atomic E-state index is -0.360. The Morgan fingerprint density at radius 1 is 1.13 bits per heavy atom. The molecule has 1 aromatic heterocycles. The largest absolute Gasteiger partial charge is 0.484 e. The van der Waals surface area contributed by atoms with Crippen LogP contribution in [0, 0.1) is 11.3 Å². The Morgan fingerprint density at radius 2 is 1.87 bits per heavy atom. The zero-order valence-corrected chi connectivity index (χ0v) is 18.1. The summed E-state index contributed by atoms with van der Waals surface area (Å²) in [4.78, 5) is 12.0. The molecule has 1 N–H and O–H groups in total. The minimum Gasteiger partial charge on any atom is -0.484 e. The Balaban J connectivity index is 1.24. The van der Waals surface area contributed by atoms with Gasteiger partial charge in [-0.3, -0.25) is 4.79 Å². The molecule has 0 unspecified atom stereocenters. The first-order valence-corrected chi connectivity index (χ1v) is 11.7. The highest BCUT2D eigenvalue weighted by molar-refractivity contribution is 8.19. The molecule has 1 saturated heterocycles. The third kappa shape index (κ3) is 5.72. The summed E-state index contributed by atoms with van der Waals surface area (Å²) in [6.07, 6.45) is 1.43. The Kier molecular flexibility index (Phi) is 6.97. The normalized spacial score (nSPS) is 13.9. The summed E-state index contributed by atoms with van der Waals surface area (Å²) in [5, 5.41) is 12.8. The highest BCUT2D eigenvalue weighted by Crippen LogP contribution is 2.45. The van der Waals surface area contributed by atoms with Crippen molar-refractivity contribution in [2.75, 3.05) is 18.1 Å². The van der Waals surface area contributed by atoms with Crippen molar-refractivity contribution < 1.29 is 13.9 Å². The van der Waals surface area contributed by atoms with Gasteiger partial charge in [0.05, 0.1) is 22.4 Å². The fourth-order valence-electron chi connectivity index (χ4n) is 2.91. The molecule has 1 aliphatic rings. The van der Waals surface area contributed by atoms with Crippen molar-refractivity contribution in [2.24, 2.45) is 5.10 Å². The topological polar surface area (TPSA) is 87.6 Å². The van der Waals surface area contributed by atoms with Crippen LogP contribution < -0.4 is 10.2 Å². The van der Waals surface area contributed by atoms with E-state index in [0.717, 1.165) is 5.56 Å². The summed E-state index contributed by atoms with van der Waals surface area (Å²) < 4.78 is 11.7. The maximum Gasteiger partial charge on any atom is 0.277 e. The Bertz CT molecular complexity index is 1100. The second kappa shape index (κ2) is 10.2. The van der Waals surface area contributed by atoms with Crippen molar-refractivity contribution in [1.29, 1.82) is 5.26 Å². The van der Waals surface area contributed by atoms with Crippen molar-refractivity contribution >= 4 is 35.6 Å². The second-order valence-electron chi connectivity index (χ2n) is 6.62. The smallest absolute Gasteiger partial charge is 0.277 e. The number of ether oxygens (including phenoxy) is 1. The summed E-state index contributed by atoms with van der Waals surface area (Å²) in [6.45, 7) is -0.127. The van der Waals surface area contributed by atoms with Gasteiger partial charge in [-0.1, -0.05) is 12.1 Å². The van der Waals surface area contributed by atoms with Gasteiger partial charge in [-0.15, -0.1) is 23.5 Å². The van der Waals surface area contributed by atoms with E-state index >= 15 is 0 Å². The van der Waals surface area contributed by atoms with Gasteiger partial charge in [0.1, 0.15) is 17.3 Å². The van der Waals surface area contributed by atoms with E-state index in [4.69, 9.17) is 14.4 Å². The molecule has 0 aliphatic carbocycles. The lowest BCUT2D eigenvalue weighted by molar-refractivity contribution is -0.123. The van der Waals surface area contributed by atoms with E-state index in [1.807, 2.05) is 59.9 Å². The summed E-state index contributed by atoms with van der Waals surface area (Å²) in [6, 6.07) is 20.6. The molecule has 31 heavy (non-hydrogen) atoms. The van der Waals surface area contributed by atoms with Gasteiger partial charge < -0.3 is 9.15 Å². The van der Waals surface area contributed by atoms with Gasteiger partial charge in [0.2, 0.25) is 0 Å². The number of amides is 1. The molecule has 2 heterocycles. The Labute approximate surface area is 188 Å². The number of carbonyl (C=O) groups is 1. The number of nitrogens with zero attached hydrogens (tertiary/aromatic N) is 2. The van der Waals surface area contributed by atoms with Gasteiger partial charge in [-0.25, -0.2) is 5.43 Å². The molecule has 1 aliphatic heterocycles. The first kappa shape index (κ1) is 21.1. The van der Waals surface area contributed by atoms with E-state index in [0.29, 0.717) is 27.4 Å². The summed E-state index contributed by atoms with van der Waals surface area (Å²) in [7, 11) is 0. The number of thioether (sulfide) groups is 2. The molecule has 0 radical (unpaired) electrons. The SMILES string of the molecule is N#Cc1ccc(-c2ccc(/C=N\NC(=O)COc3ccc(C4SCCS4)cc3)o2)cc1. The van der Waals surface area contributed by atoms with Gasteiger partial charge in [0.15, 0.2) is 6.61 Å². The maximum absolute atomic E-state index is 12.0. The molecule has 3 aromatic rings. The standard InChI is InChI=1S/C23H19N3O3S2/c24-13-16-1-3-17(4-2-16)21-10-9-20(29-21)14-25-26-22(27)15-28-19-7-5-18(6-8-19)23-30-11-12-31-23/h1-10,14,23H,11-12,15H2,(H,26,27)/b25-14-. The maximum atomic E-state index is 12.0. The average molecular weight is 450 g/mol. The molecular weight excluding hydrogens is 430 g/mol. The number of hydrazone groups is 1. The molecular formula is C23H19N3O3S2. The van der Waals surface area contributed by atoms with E-state index in [1.54, 1.807) is 24.3 Å². The first-order chi connectivity index (χ1) is 15.2. The molecule has 1 amide bonds. The molecule has 156 valence electrons. The molecule has 1 fully saturated rings. The van der Waals surface area contributed by atoms with Crippen molar-refractivity contribution in [3.8, 4) is 23.1 Å². The molecule has 0 atom stereocenters. The fourth-order valence-corrected chi connectivity index (χ4v) is 5.77. The van der Waals surface area contributed by atoms with Crippen LogP contribution in [0.2, 0.25) is 0 Å². The fraction of sp³-hybridized carbons (Fsp3) is 0.174. The van der Waals surface area contributed by atoms with Crippen LogP contribution in [0.5, 0.6) is 5.75 Å². The third-order valence-corrected chi connectivity index (χ3v) is 7.55. The number of nitriles is 1. The number of furan rings is 1. The lowest BCUT2D eigenvalue weighted by Gasteiger charge is -2.09. The zero-order chi connectivity index (χ0) is 21.5. The highest BCUT2D eigenvalue weighted by atomic mass is 32.2. The number of hydrogen-bond acceptors (Lipinski definition) is 7. The van der Waals surface area contributed by atoms with E-state index in [1.165, 1.54) is 23.3 Å². The van der Waals surface area contributed by atoms with Gasteiger partial charge in [-0.2, -0.15) is 10.4 Å². The Morgan fingerprint density at radius 3 is 2.58 bits per heavy atom. The summed E-state index contributed by atoms with van der Waals surface area (Å²) >= 11 is 3.90. The molecule has 0 spiro atoms. The van der Waals surface area contributed by atoms with Crippen LogP contribution in [0.15, 0.2) is 70.2 Å². The zero-order valence-electron chi connectivity index (χ0n) is 16.5. The van der Waals surface area contributed by atoms with Crippen LogP contribution in [0.4, 0.5) is 0 Å². The number of hydrogen-bond donors (Lipinski definition) is 1. The van der Waals surface area contributed by atoms with Crippen LogP contribution in [0.25, 0.3) is 11.3 Å². The molecule has 2 aromatic carbocycles. The number of rotatable bonds is 7. The van der Waals surface area contributed by atoms with Crippen molar-refractivity contribution in [3.05, 3.63) is 77.6 Å². The molecule has 6 nitrogen and oxygen atoms in total. The van der Waals surface area contributed by atoms with E-state index in [9.17, 15) is 4.79 Å². The van der Waals surface area contributed by atoms with E-state index in [2.05, 4.69) is 16.6 Å². The number of nitrogens with one attached hydrogen (secondary N) is 1. The quantitative estimate of drug-likeness (QED) is 0.411. The average Bonchev–Trinajstić information content (AvgIpc) is 3.51. The van der Waals surface area contributed by atoms with Crippen molar-refractivity contribution in [2.45, 2.75) is 4.58 Å². The molecule has 8 heteroatoms. The molecule has 0 saturated carbocycles. The number of carbonyl (C=O) groups excluding carboxylic acids is 1. The predicted molar refractivity (Wildman–Crippen MR) is 124 cm³/mol. The van der Waals surface area contributed by atoms with Crippen molar-refractivity contribution in [3.63, 3.8) is 0 Å². The van der Waals surface area contributed by atoms with Crippen LogP contribution in [-0.2, 0) is 4.79 Å². The van der Waals surface area contributed by atoms with Crippen LogP contribution in [-0.4, -0.2) is 30.2 Å². The lowest BCUT2D eigenvalue weighted by Crippen LogP contribution is -2.24. The second-order valence-corrected chi connectivity index (χ2v) is 9.34. The third-order valence-electron chi connectivity index (χ3n) is 4.45. The first-order valence-electron chi connectivity index (χ1n) is 9.59. The molecule has 0 bridgehead atoms. The summed E-state index contributed by atoms with van der Waals surface area (Å²) in [5.41, 5.74) is 5.14. The van der Waals surface area contributed by atoms with Crippen LogP contribution >= 0.6 is 23.5 Å². The van der Waals surface area contributed by atoms with E-state index in [-0.39, 0.29) is 12.5 Å².